The zero-order valence-electron chi connectivity index (χ0n) is 15.1. The molecule has 1 fully saturated rings. The Bertz CT molecular complexity index is 867. The van der Waals surface area contributed by atoms with Crippen LogP contribution in [0.25, 0.3) is 12.2 Å². The van der Waals surface area contributed by atoms with E-state index in [-0.39, 0.29) is 5.78 Å². The third-order valence-electron chi connectivity index (χ3n) is 4.63. The zero-order valence-corrected chi connectivity index (χ0v) is 15.1. The van der Waals surface area contributed by atoms with Gasteiger partial charge < -0.3 is 0 Å². The van der Waals surface area contributed by atoms with Gasteiger partial charge in [0.2, 0.25) is 0 Å². The SMILES string of the molecule is O=C1/C(=C/c2ccc(C(F)(F)F)cc2)CCC/C1=C\c1ccc(C(F)(F)F)cc1. The first-order valence-corrected chi connectivity index (χ1v) is 8.84. The number of halogens is 6. The number of ketones is 1. The van der Waals surface area contributed by atoms with Crippen LogP contribution in [0.4, 0.5) is 26.3 Å². The van der Waals surface area contributed by atoms with Crippen LogP contribution in [0.1, 0.15) is 41.5 Å². The Labute approximate surface area is 163 Å². The van der Waals surface area contributed by atoms with Crippen molar-refractivity contribution in [2.75, 3.05) is 0 Å². The number of hydrogen-bond acceptors (Lipinski definition) is 1. The smallest absolute Gasteiger partial charge is 0.289 e. The Morgan fingerprint density at radius 1 is 0.621 bits per heavy atom. The second-order valence-corrected chi connectivity index (χ2v) is 6.76. The molecular weight excluding hydrogens is 394 g/mol. The Kier molecular flexibility index (Phi) is 5.68. The fourth-order valence-electron chi connectivity index (χ4n) is 3.12. The van der Waals surface area contributed by atoms with Crippen LogP contribution in [-0.2, 0) is 17.1 Å². The minimum atomic E-state index is -4.43. The second kappa shape index (κ2) is 7.89. The van der Waals surface area contributed by atoms with Crippen molar-refractivity contribution in [3.05, 3.63) is 81.9 Å². The highest BCUT2D eigenvalue weighted by Crippen LogP contribution is 2.32. The summed E-state index contributed by atoms with van der Waals surface area (Å²) in [6.45, 7) is 0. The molecular formula is C22H16F6O. The summed E-state index contributed by atoms with van der Waals surface area (Å²) < 4.78 is 75.9. The van der Waals surface area contributed by atoms with Crippen molar-refractivity contribution in [1.82, 2.24) is 0 Å². The van der Waals surface area contributed by atoms with Crippen molar-refractivity contribution in [3.8, 4) is 0 Å². The lowest BCUT2D eigenvalue weighted by molar-refractivity contribution is -0.138. The summed E-state index contributed by atoms with van der Waals surface area (Å²) in [7, 11) is 0. The van der Waals surface area contributed by atoms with E-state index in [1.54, 1.807) is 12.2 Å². The summed E-state index contributed by atoms with van der Waals surface area (Å²) in [4.78, 5) is 12.7. The normalized spacial score (nSPS) is 18.5. The molecule has 3 rings (SSSR count). The first-order chi connectivity index (χ1) is 13.5. The van der Waals surface area contributed by atoms with Crippen molar-refractivity contribution in [3.63, 3.8) is 0 Å². The van der Waals surface area contributed by atoms with Gasteiger partial charge in [-0.2, -0.15) is 26.3 Å². The first kappa shape index (κ1) is 20.9. The van der Waals surface area contributed by atoms with Gasteiger partial charge in [-0.15, -0.1) is 0 Å². The molecule has 29 heavy (non-hydrogen) atoms. The molecule has 0 spiro atoms. The summed E-state index contributed by atoms with van der Waals surface area (Å²) in [5, 5.41) is 0. The average Bonchev–Trinajstić information content (AvgIpc) is 2.64. The van der Waals surface area contributed by atoms with Crippen molar-refractivity contribution in [2.45, 2.75) is 31.6 Å². The van der Waals surface area contributed by atoms with E-state index in [9.17, 15) is 31.1 Å². The monoisotopic (exact) mass is 410 g/mol. The third-order valence-corrected chi connectivity index (χ3v) is 4.63. The molecule has 0 aliphatic heterocycles. The van der Waals surface area contributed by atoms with E-state index in [2.05, 4.69) is 0 Å². The maximum Gasteiger partial charge on any atom is 0.416 e. The second-order valence-electron chi connectivity index (χ2n) is 6.76. The number of benzene rings is 2. The molecule has 7 heteroatoms. The fourth-order valence-corrected chi connectivity index (χ4v) is 3.12. The van der Waals surface area contributed by atoms with Crippen LogP contribution in [0.2, 0.25) is 0 Å². The van der Waals surface area contributed by atoms with E-state index in [0.29, 0.717) is 41.5 Å². The van der Waals surface area contributed by atoms with Gasteiger partial charge in [-0.3, -0.25) is 4.79 Å². The average molecular weight is 410 g/mol. The van der Waals surface area contributed by atoms with E-state index in [4.69, 9.17) is 0 Å². The number of alkyl halides is 6. The highest BCUT2D eigenvalue weighted by molar-refractivity contribution is 6.13. The maximum absolute atomic E-state index is 12.7. The van der Waals surface area contributed by atoms with Crippen LogP contribution in [0.3, 0.4) is 0 Å². The summed E-state index contributed by atoms with van der Waals surface area (Å²) >= 11 is 0. The molecule has 0 heterocycles. The molecule has 1 aliphatic carbocycles. The molecule has 2 aromatic rings. The molecule has 0 bridgehead atoms. The number of Topliss-reactive ketones (excluding diaryl/α,β-unsaturated/α-hetero) is 1. The third kappa shape index (κ3) is 5.16. The highest BCUT2D eigenvalue weighted by atomic mass is 19.4. The molecule has 1 saturated carbocycles. The molecule has 0 N–H and O–H groups in total. The number of carbonyl (C=O) groups is 1. The van der Waals surface area contributed by atoms with Crippen LogP contribution >= 0.6 is 0 Å². The summed E-state index contributed by atoms with van der Waals surface area (Å²) in [5.41, 5.74) is 0.368. The lowest BCUT2D eigenvalue weighted by Gasteiger charge is -2.17. The Balaban J connectivity index is 1.81. The molecule has 2 aromatic carbocycles. The molecule has 0 saturated heterocycles. The maximum atomic E-state index is 12.7. The molecule has 0 atom stereocenters. The molecule has 0 radical (unpaired) electrons. The predicted molar refractivity (Wildman–Crippen MR) is 97.7 cm³/mol. The van der Waals surface area contributed by atoms with Crippen LogP contribution in [0.5, 0.6) is 0 Å². The number of rotatable bonds is 2. The van der Waals surface area contributed by atoms with Crippen molar-refractivity contribution >= 4 is 17.9 Å². The summed E-state index contributed by atoms with van der Waals surface area (Å²) in [6, 6.07) is 9.04. The van der Waals surface area contributed by atoms with Crippen molar-refractivity contribution in [1.29, 1.82) is 0 Å². The minimum absolute atomic E-state index is 0.240. The Morgan fingerprint density at radius 2 is 0.966 bits per heavy atom. The van der Waals surface area contributed by atoms with Crippen LogP contribution in [0.15, 0.2) is 59.7 Å². The molecule has 1 nitrogen and oxygen atoms in total. The fraction of sp³-hybridized carbons (Fsp3) is 0.227. The van der Waals surface area contributed by atoms with E-state index < -0.39 is 23.5 Å². The number of carbonyl (C=O) groups excluding carboxylic acids is 1. The lowest BCUT2D eigenvalue weighted by Crippen LogP contribution is -2.12. The lowest BCUT2D eigenvalue weighted by atomic mass is 9.86. The van der Waals surface area contributed by atoms with Gasteiger partial charge in [-0.05, 0) is 66.8 Å². The standard InChI is InChI=1S/C22H16F6O/c23-21(24,25)18-8-4-14(5-9-18)12-16-2-1-3-17(20(16)29)13-15-6-10-19(11-7-15)22(26,27)28/h4-13H,1-3H2/b16-12+,17-13+. The van der Waals surface area contributed by atoms with Crippen molar-refractivity contribution in [2.24, 2.45) is 0 Å². The number of allylic oxidation sites excluding steroid dienone is 2. The first-order valence-electron chi connectivity index (χ1n) is 8.84. The van der Waals surface area contributed by atoms with E-state index in [1.165, 1.54) is 24.3 Å². The van der Waals surface area contributed by atoms with Gasteiger partial charge in [0.1, 0.15) is 0 Å². The summed E-state index contributed by atoms with van der Waals surface area (Å²) in [6.07, 6.45) is -4.09. The van der Waals surface area contributed by atoms with Gasteiger partial charge in [0.25, 0.3) is 0 Å². The molecule has 0 aromatic heterocycles. The van der Waals surface area contributed by atoms with E-state index in [1.807, 2.05) is 0 Å². The largest absolute Gasteiger partial charge is 0.416 e. The van der Waals surface area contributed by atoms with Gasteiger partial charge in [0.15, 0.2) is 5.78 Å². The quantitative estimate of drug-likeness (QED) is 0.387. The van der Waals surface area contributed by atoms with Gasteiger partial charge in [-0.25, -0.2) is 0 Å². The molecule has 0 unspecified atom stereocenters. The topological polar surface area (TPSA) is 17.1 Å². The Hall–Kier alpha value is -2.83. The van der Waals surface area contributed by atoms with Gasteiger partial charge in [0, 0.05) is 11.1 Å². The van der Waals surface area contributed by atoms with E-state index >= 15 is 0 Å². The Morgan fingerprint density at radius 3 is 1.28 bits per heavy atom. The van der Waals surface area contributed by atoms with Crippen LogP contribution in [-0.4, -0.2) is 5.78 Å². The molecule has 152 valence electrons. The molecule has 0 amide bonds. The summed E-state index contributed by atoms with van der Waals surface area (Å²) in [5.74, 6) is -0.240. The van der Waals surface area contributed by atoms with E-state index in [0.717, 1.165) is 24.3 Å². The zero-order chi connectivity index (χ0) is 21.2. The van der Waals surface area contributed by atoms with Gasteiger partial charge in [0.05, 0.1) is 11.1 Å². The molecule has 1 aliphatic rings. The predicted octanol–water partition coefficient (Wildman–Crippen LogP) is 6.94. The van der Waals surface area contributed by atoms with Gasteiger partial charge in [-0.1, -0.05) is 24.3 Å². The van der Waals surface area contributed by atoms with Crippen LogP contribution in [0, 0.1) is 0 Å². The van der Waals surface area contributed by atoms with Crippen molar-refractivity contribution < 1.29 is 31.1 Å². The number of hydrogen-bond donors (Lipinski definition) is 0. The highest BCUT2D eigenvalue weighted by Gasteiger charge is 2.30. The van der Waals surface area contributed by atoms with Gasteiger partial charge >= 0.3 is 12.4 Å². The minimum Gasteiger partial charge on any atom is -0.289 e. The van der Waals surface area contributed by atoms with Crippen LogP contribution < -0.4 is 0 Å².